The minimum atomic E-state index is -1.42. The monoisotopic (exact) mass is 251 g/mol. The zero-order valence-corrected chi connectivity index (χ0v) is 9.27. The van der Waals surface area contributed by atoms with Crippen LogP contribution >= 0.6 is 0 Å². The Labute approximate surface area is 101 Å². The smallest absolute Gasteiger partial charge is 0.359 e. The van der Waals surface area contributed by atoms with Gasteiger partial charge in [0.25, 0.3) is 5.69 Å². The number of nitrogens with zero attached hydrogens (tertiary/aromatic N) is 3. The van der Waals surface area contributed by atoms with Gasteiger partial charge in [-0.2, -0.15) is 5.11 Å². The van der Waals surface area contributed by atoms with Crippen molar-refractivity contribution in [1.82, 2.24) is 0 Å². The first-order chi connectivity index (χ1) is 8.41. The van der Waals surface area contributed by atoms with Crippen LogP contribution in [-0.4, -0.2) is 21.1 Å². The minimum absolute atomic E-state index is 0.110. The van der Waals surface area contributed by atoms with E-state index in [-0.39, 0.29) is 11.4 Å². The van der Waals surface area contributed by atoms with E-state index in [0.717, 1.165) is 6.92 Å². The highest BCUT2D eigenvalue weighted by Gasteiger charge is 2.10. The van der Waals surface area contributed by atoms with Crippen molar-refractivity contribution < 1.29 is 19.9 Å². The zero-order chi connectivity index (χ0) is 13.7. The molecule has 1 rings (SSSR count). The topological polar surface area (TPSA) is 125 Å². The summed E-state index contributed by atoms with van der Waals surface area (Å²) in [5.41, 5.74) is -0.463. The Balaban J connectivity index is 2.94. The lowest BCUT2D eigenvalue weighted by Crippen LogP contribution is -2.00. The maximum absolute atomic E-state index is 10.6. The van der Waals surface area contributed by atoms with Gasteiger partial charge in [0.15, 0.2) is 0 Å². The van der Waals surface area contributed by atoms with Crippen LogP contribution in [0.1, 0.15) is 6.92 Å². The number of hydrogen-bond donors (Lipinski definition) is 2. The maximum Gasteiger partial charge on any atom is 0.359 e. The van der Waals surface area contributed by atoms with Crippen LogP contribution in [0.4, 0.5) is 11.4 Å². The molecule has 0 bridgehead atoms. The fourth-order valence-electron chi connectivity index (χ4n) is 1.02. The van der Waals surface area contributed by atoms with Gasteiger partial charge in [0.1, 0.15) is 5.76 Å². The summed E-state index contributed by atoms with van der Waals surface area (Å²) < 4.78 is 0. The molecule has 1 aromatic carbocycles. The molecule has 0 amide bonds. The van der Waals surface area contributed by atoms with Crippen LogP contribution in [0.5, 0.6) is 0 Å². The second kappa shape index (κ2) is 5.53. The first-order valence-electron chi connectivity index (χ1n) is 4.71. The first-order valence-corrected chi connectivity index (χ1v) is 4.71. The number of non-ortho nitro benzene ring substituents is 1. The van der Waals surface area contributed by atoms with E-state index in [1.54, 1.807) is 0 Å². The molecule has 0 atom stereocenters. The predicted molar refractivity (Wildman–Crippen MR) is 60.6 cm³/mol. The van der Waals surface area contributed by atoms with Crippen molar-refractivity contribution in [2.75, 3.05) is 0 Å². The highest BCUT2D eigenvalue weighted by Crippen LogP contribution is 2.19. The number of benzene rings is 1. The molecule has 0 unspecified atom stereocenters. The van der Waals surface area contributed by atoms with E-state index in [9.17, 15) is 14.9 Å². The molecule has 0 aromatic heterocycles. The number of rotatable bonds is 4. The van der Waals surface area contributed by atoms with Crippen LogP contribution in [0.2, 0.25) is 0 Å². The molecule has 0 saturated heterocycles. The summed E-state index contributed by atoms with van der Waals surface area (Å²) in [6, 6.07) is 5.05. The molecule has 1 aromatic rings. The second-order valence-electron chi connectivity index (χ2n) is 3.21. The number of azo groups is 1. The zero-order valence-electron chi connectivity index (χ0n) is 9.27. The number of nitro groups is 1. The summed E-state index contributed by atoms with van der Waals surface area (Å²) in [5, 5.41) is 35.0. The minimum Gasteiger partial charge on any atom is -0.510 e. The average molecular weight is 251 g/mol. The predicted octanol–water partition coefficient (Wildman–Crippen LogP) is 2.55. The van der Waals surface area contributed by atoms with Crippen LogP contribution in [0, 0.1) is 10.1 Å². The van der Waals surface area contributed by atoms with E-state index >= 15 is 0 Å². The number of aliphatic carboxylic acids is 1. The van der Waals surface area contributed by atoms with Gasteiger partial charge in [0, 0.05) is 12.1 Å². The van der Waals surface area contributed by atoms with E-state index in [4.69, 9.17) is 10.2 Å². The van der Waals surface area contributed by atoms with Crippen LogP contribution in [-0.2, 0) is 4.79 Å². The highest BCUT2D eigenvalue weighted by atomic mass is 16.6. The SMILES string of the molecule is CC(O)=C(N=Nc1ccc([N+](=O)[O-])cc1)C(=O)O. The maximum atomic E-state index is 10.6. The van der Waals surface area contributed by atoms with E-state index < -0.39 is 22.3 Å². The van der Waals surface area contributed by atoms with E-state index in [0.29, 0.717) is 0 Å². The number of hydrogen-bond acceptors (Lipinski definition) is 6. The van der Waals surface area contributed by atoms with Crippen molar-refractivity contribution in [1.29, 1.82) is 0 Å². The molecule has 0 radical (unpaired) electrons. The van der Waals surface area contributed by atoms with Gasteiger partial charge < -0.3 is 10.2 Å². The lowest BCUT2D eigenvalue weighted by molar-refractivity contribution is -0.384. The average Bonchev–Trinajstić information content (AvgIpc) is 2.28. The summed E-state index contributed by atoms with van der Waals surface area (Å²) in [6.07, 6.45) is 0. The third kappa shape index (κ3) is 3.37. The van der Waals surface area contributed by atoms with E-state index in [1.807, 2.05) is 0 Å². The van der Waals surface area contributed by atoms with Crippen LogP contribution < -0.4 is 0 Å². The standard InChI is InChI=1S/C10H9N3O5/c1-6(14)9(10(15)16)12-11-7-2-4-8(5-3-7)13(17)18/h2-5,14H,1H3,(H,15,16). The van der Waals surface area contributed by atoms with Gasteiger partial charge in [-0.05, 0) is 19.1 Å². The molecule has 18 heavy (non-hydrogen) atoms. The highest BCUT2D eigenvalue weighted by molar-refractivity contribution is 5.86. The number of aliphatic hydroxyl groups excluding tert-OH is 1. The summed E-state index contributed by atoms with van der Waals surface area (Å²) in [6.45, 7) is 1.16. The molecule has 0 aliphatic carbocycles. The van der Waals surface area contributed by atoms with Gasteiger partial charge in [-0.25, -0.2) is 4.79 Å². The number of carboxylic acids is 1. The fraction of sp³-hybridized carbons (Fsp3) is 0.100. The molecule has 0 heterocycles. The Kier molecular flexibility index (Phi) is 4.08. The van der Waals surface area contributed by atoms with Gasteiger partial charge in [-0.15, -0.1) is 5.11 Å². The molecule has 8 nitrogen and oxygen atoms in total. The number of nitro benzene ring substituents is 1. The molecular formula is C10H9N3O5. The van der Waals surface area contributed by atoms with E-state index in [1.165, 1.54) is 24.3 Å². The Morgan fingerprint density at radius 2 is 1.83 bits per heavy atom. The third-order valence-electron chi connectivity index (χ3n) is 1.87. The number of carbonyl (C=O) groups is 1. The Hall–Kier alpha value is -2.77. The van der Waals surface area contributed by atoms with Crippen molar-refractivity contribution >= 4 is 17.3 Å². The Bertz CT molecular complexity index is 529. The van der Waals surface area contributed by atoms with Gasteiger partial charge in [0.2, 0.25) is 5.70 Å². The lowest BCUT2D eigenvalue weighted by atomic mass is 10.3. The number of carboxylic acid groups (broad SMARTS) is 1. The van der Waals surface area contributed by atoms with Crippen molar-refractivity contribution in [3.63, 3.8) is 0 Å². The molecule has 0 fully saturated rings. The molecule has 8 heteroatoms. The molecule has 0 saturated carbocycles. The quantitative estimate of drug-likeness (QED) is 0.279. The van der Waals surface area contributed by atoms with Crippen molar-refractivity contribution in [2.45, 2.75) is 6.92 Å². The molecular weight excluding hydrogens is 242 g/mol. The lowest BCUT2D eigenvalue weighted by Gasteiger charge is -1.95. The number of aliphatic hydroxyl groups is 1. The van der Waals surface area contributed by atoms with Gasteiger partial charge >= 0.3 is 5.97 Å². The van der Waals surface area contributed by atoms with Crippen molar-refractivity contribution in [3.8, 4) is 0 Å². The molecule has 2 N–H and O–H groups in total. The number of allylic oxidation sites excluding steroid dienone is 1. The summed E-state index contributed by atoms with van der Waals surface area (Å²) in [5.74, 6) is -1.89. The van der Waals surface area contributed by atoms with Crippen LogP contribution in [0.3, 0.4) is 0 Å². The van der Waals surface area contributed by atoms with E-state index in [2.05, 4.69) is 10.2 Å². The molecule has 0 aliphatic heterocycles. The fourth-order valence-corrected chi connectivity index (χ4v) is 1.02. The normalized spacial score (nSPS) is 12.3. The summed E-state index contributed by atoms with van der Waals surface area (Å²) >= 11 is 0. The summed E-state index contributed by atoms with van der Waals surface area (Å²) in [4.78, 5) is 20.5. The van der Waals surface area contributed by atoms with Crippen LogP contribution in [0.25, 0.3) is 0 Å². The van der Waals surface area contributed by atoms with Gasteiger partial charge in [-0.3, -0.25) is 10.1 Å². The third-order valence-corrected chi connectivity index (χ3v) is 1.87. The Morgan fingerprint density at radius 1 is 1.28 bits per heavy atom. The first kappa shape index (κ1) is 13.3. The molecule has 0 spiro atoms. The summed E-state index contributed by atoms with van der Waals surface area (Å²) in [7, 11) is 0. The van der Waals surface area contributed by atoms with Crippen LogP contribution in [0.15, 0.2) is 46.0 Å². The largest absolute Gasteiger partial charge is 0.510 e. The molecule has 0 aliphatic rings. The van der Waals surface area contributed by atoms with Gasteiger partial charge in [0.05, 0.1) is 10.6 Å². The van der Waals surface area contributed by atoms with Gasteiger partial charge in [-0.1, -0.05) is 0 Å². The second-order valence-corrected chi connectivity index (χ2v) is 3.21. The van der Waals surface area contributed by atoms with Crippen molar-refractivity contribution in [3.05, 3.63) is 45.8 Å². The molecule has 94 valence electrons. The van der Waals surface area contributed by atoms with Crippen molar-refractivity contribution in [2.24, 2.45) is 10.2 Å². The Morgan fingerprint density at radius 3 is 2.22 bits per heavy atom.